The second kappa shape index (κ2) is 4.04. The number of hydrogen-bond acceptors (Lipinski definition) is 2. The molecule has 0 radical (unpaired) electrons. The highest BCUT2D eigenvalue weighted by atomic mass is 35.5. The predicted octanol–water partition coefficient (Wildman–Crippen LogP) is 3.00. The molecule has 0 fully saturated rings. The molecule has 2 rings (SSSR count). The van der Waals surface area contributed by atoms with Crippen LogP contribution in [-0.4, -0.2) is 5.78 Å². The van der Waals surface area contributed by atoms with E-state index in [0.717, 1.165) is 18.4 Å². The number of benzene rings is 1. The molecule has 0 N–H and O–H groups in total. The summed E-state index contributed by atoms with van der Waals surface area (Å²) < 4.78 is 0. The van der Waals surface area contributed by atoms with Crippen molar-refractivity contribution in [2.24, 2.45) is 5.92 Å². The van der Waals surface area contributed by atoms with E-state index in [9.17, 15) is 4.79 Å². The molecular formula is C12H10ClNO. The summed E-state index contributed by atoms with van der Waals surface area (Å²) in [6, 6.07) is 7.54. The van der Waals surface area contributed by atoms with Crippen molar-refractivity contribution in [3.63, 3.8) is 0 Å². The number of rotatable bonds is 0. The summed E-state index contributed by atoms with van der Waals surface area (Å²) in [5.41, 5.74) is 1.60. The fourth-order valence-electron chi connectivity index (χ4n) is 1.94. The molecule has 0 bridgehead atoms. The number of nitrogens with zero attached hydrogens (tertiary/aromatic N) is 1. The van der Waals surface area contributed by atoms with Gasteiger partial charge in [0.25, 0.3) is 0 Å². The molecule has 15 heavy (non-hydrogen) atoms. The van der Waals surface area contributed by atoms with Gasteiger partial charge in [-0.3, -0.25) is 4.79 Å². The van der Waals surface area contributed by atoms with Gasteiger partial charge in [0.05, 0.1) is 12.0 Å². The van der Waals surface area contributed by atoms with Crippen molar-refractivity contribution in [1.82, 2.24) is 0 Å². The van der Waals surface area contributed by atoms with Crippen molar-refractivity contribution >= 4 is 17.4 Å². The van der Waals surface area contributed by atoms with Crippen LogP contribution in [0.4, 0.5) is 0 Å². The Morgan fingerprint density at radius 3 is 3.00 bits per heavy atom. The second-order valence-electron chi connectivity index (χ2n) is 3.76. The largest absolute Gasteiger partial charge is 0.294 e. The fraction of sp³-hybridized carbons (Fsp3) is 0.333. The zero-order chi connectivity index (χ0) is 10.8. The molecule has 2 nitrogen and oxygen atoms in total. The van der Waals surface area contributed by atoms with Gasteiger partial charge in [-0.1, -0.05) is 23.7 Å². The lowest BCUT2D eigenvalue weighted by atomic mass is 10.0. The third kappa shape index (κ3) is 1.88. The van der Waals surface area contributed by atoms with E-state index in [2.05, 4.69) is 6.07 Å². The molecule has 0 aromatic heterocycles. The molecule has 0 saturated carbocycles. The molecular weight excluding hydrogens is 210 g/mol. The normalized spacial score (nSPS) is 20.3. The highest BCUT2D eigenvalue weighted by Gasteiger charge is 2.23. The van der Waals surface area contributed by atoms with Gasteiger partial charge >= 0.3 is 0 Å². The van der Waals surface area contributed by atoms with Crippen LogP contribution in [0.3, 0.4) is 0 Å². The van der Waals surface area contributed by atoms with Crippen LogP contribution in [0.2, 0.25) is 5.02 Å². The number of ketones is 1. The van der Waals surface area contributed by atoms with Crippen molar-refractivity contribution in [1.29, 1.82) is 5.26 Å². The van der Waals surface area contributed by atoms with Gasteiger partial charge in [-0.15, -0.1) is 0 Å². The first kappa shape index (κ1) is 10.2. The molecule has 1 unspecified atom stereocenters. The van der Waals surface area contributed by atoms with Crippen molar-refractivity contribution < 1.29 is 4.79 Å². The van der Waals surface area contributed by atoms with E-state index in [1.54, 1.807) is 18.2 Å². The van der Waals surface area contributed by atoms with Gasteiger partial charge in [-0.05, 0) is 24.5 Å². The number of carbonyl (C=O) groups is 1. The molecule has 0 heterocycles. The molecule has 3 heteroatoms. The van der Waals surface area contributed by atoms with Crippen LogP contribution in [0.5, 0.6) is 0 Å². The highest BCUT2D eigenvalue weighted by Crippen LogP contribution is 2.29. The van der Waals surface area contributed by atoms with Crippen molar-refractivity contribution in [2.45, 2.75) is 19.3 Å². The van der Waals surface area contributed by atoms with E-state index in [0.29, 0.717) is 17.0 Å². The summed E-state index contributed by atoms with van der Waals surface area (Å²) in [6.45, 7) is 0. The molecule has 1 atom stereocenters. The molecule has 1 aromatic carbocycles. The molecule has 1 aliphatic rings. The number of fused-ring (bicyclic) bond motifs is 1. The lowest BCUT2D eigenvalue weighted by Gasteiger charge is -2.05. The topological polar surface area (TPSA) is 40.9 Å². The summed E-state index contributed by atoms with van der Waals surface area (Å²) >= 11 is 6.04. The maximum atomic E-state index is 11.8. The lowest BCUT2D eigenvalue weighted by Crippen LogP contribution is -2.04. The van der Waals surface area contributed by atoms with Gasteiger partial charge in [-0.25, -0.2) is 0 Å². The summed E-state index contributed by atoms with van der Waals surface area (Å²) in [6.07, 6.45) is 1.77. The minimum absolute atomic E-state index is 0.0385. The quantitative estimate of drug-likeness (QED) is 0.630. The smallest absolute Gasteiger partial charge is 0.164 e. The Hall–Kier alpha value is -1.33. The van der Waals surface area contributed by atoms with E-state index < -0.39 is 0 Å². The third-order valence-corrected chi connectivity index (χ3v) is 3.13. The predicted molar refractivity (Wildman–Crippen MR) is 57.8 cm³/mol. The van der Waals surface area contributed by atoms with E-state index in [1.165, 1.54) is 0 Å². The van der Waals surface area contributed by atoms with Crippen molar-refractivity contribution in [3.8, 4) is 6.07 Å². The number of nitriles is 1. The van der Waals surface area contributed by atoms with E-state index >= 15 is 0 Å². The standard InChI is InChI=1S/C12H10ClNO/c13-11-3-1-2-10-9(11)5-4-8(7-14)6-12(10)15/h1-3,8H,4-6H2. The Balaban J connectivity index is 2.45. The van der Waals surface area contributed by atoms with Crippen LogP contribution in [0, 0.1) is 17.2 Å². The first-order chi connectivity index (χ1) is 7.22. The highest BCUT2D eigenvalue weighted by molar-refractivity contribution is 6.32. The SMILES string of the molecule is N#CC1CCc2c(Cl)cccc2C(=O)C1. The number of hydrogen-bond donors (Lipinski definition) is 0. The molecule has 0 amide bonds. The number of carbonyl (C=O) groups excluding carboxylic acids is 1. The average molecular weight is 220 g/mol. The zero-order valence-electron chi connectivity index (χ0n) is 8.16. The first-order valence-electron chi connectivity index (χ1n) is 4.92. The number of Topliss-reactive ketones (excluding diaryl/α,β-unsaturated/α-hetero) is 1. The van der Waals surface area contributed by atoms with Crippen LogP contribution in [-0.2, 0) is 6.42 Å². The van der Waals surface area contributed by atoms with Gasteiger partial charge in [0.2, 0.25) is 0 Å². The van der Waals surface area contributed by atoms with Crippen LogP contribution in [0.1, 0.15) is 28.8 Å². The molecule has 0 aliphatic heterocycles. The monoisotopic (exact) mass is 219 g/mol. The maximum absolute atomic E-state index is 11.8. The lowest BCUT2D eigenvalue weighted by molar-refractivity contribution is 0.0972. The van der Waals surface area contributed by atoms with Crippen LogP contribution < -0.4 is 0 Å². The van der Waals surface area contributed by atoms with Gasteiger partial charge in [0.1, 0.15) is 0 Å². The third-order valence-electron chi connectivity index (χ3n) is 2.78. The summed E-state index contributed by atoms with van der Waals surface area (Å²) in [7, 11) is 0. The Kier molecular flexibility index (Phi) is 2.75. The van der Waals surface area contributed by atoms with Gasteiger partial charge in [-0.2, -0.15) is 5.26 Å². The summed E-state index contributed by atoms with van der Waals surface area (Å²) in [4.78, 5) is 11.8. The summed E-state index contributed by atoms with van der Waals surface area (Å²) in [5.74, 6) is -0.127. The van der Waals surface area contributed by atoms with Crippen LogP contribution in [0.25, 0.3) is 0 Å². The maximum Gasteiger partial charge on any atom is 0.164 e. The minimum Gasteiger partial charge on any atom is -0.294 e. The van der Waals surface area contributed by atoms with Gasteiger partial charge in [0, 0.05) is 17.0 Å². The van der Waals surface area contributed by atoms with Gasteiger partial charge in [0.15, 0.2) is 5.78 Å². The fourth-order valence-corrected chi connectivity index (χ4v) is 2.21. The van der Waals surface area contributed by atoms with E-state index in [1.807, 2.05) is 0 Å². The second-order valence-corrected chi connectivity index (χ2v) is 4.17. The van der Waals surface area contributed by atoms with Crippen molar-refractivity contribution in [2.75, 3.05) is 0 Å². The molecule has 1 aromatic rings. The number of halogens is 1. The van der Waals surface area contributed by atoms with Crippen LogP contribution in [0.15, 0.2) is 18.2 Å². The van der Waals surface area contributed by atoms with E-state index in [4.69, 9.17) is 16.9 Å². The van der Waals surface area contributed by atoms with Crippen LogP contribution >= 0.6 is 11.6 Å². The zero-order valence-corrected chi connectivity index (χ0v) is 8.92. The summed E-state index contributed by atoms with van der Waals surface area (Å²) in [5, 5.41) is 9.49. The minimum atomic E-state index is -0.166. The van der Waals surface area contributed by atoms with Crippen molar-refractivity contribution in [3.05, 3.63) is 34.3 Å². The molecule has 0 saturated heterocycles. The Labute approximate surface area is 93.5 Å². The Morgan fingerprint density at radius 2 is 2.27 bits per heavy atom. The Morgan fingerprint density at radius 1 is 1.47 bits per heavy atom. The molecule has 76 valence electrons. The molecule has 1 aliphatic carbocycles. The molecule has 0 spiro atoms. The first-order valence-corrected chi connectivity index (χ1v) is 5.30. The average Bonchev–Trinajstić information content (AvgIpc) is 2.40. The van der Waals surface area contributed by atoms with E-state index in [-0.39, 0.29) is 11.7 Å². The Bertz CT molecular complexity index is 447. The van der Waals surface area contributed by atoms with Gasteiger partial charge < -0.3 is 0 Å².